The van der Waals surface area contributed by atoms with Crippen LogP contribution in [0.15, 0.2) is 48.5 Å². The van der Waals surface area contributed by atoms with Crippen LogP contribution in [0, 0.1) is 35.5 Å². The third-order valence-corrected chi connectivity index (χ3v) is 11.7. The van der Waals surface area contributed by atoms with Gasteiger partial charge in [-0.25, -0.2) is 0 Å². The van der Waals surface area contributed by atoms with E-state index in [0.717, 1.165) is 35.5 Å². The van der Waals surface area contributed by atoms with Crippen molar-refractivity contribution in [2.45, 2.75) is 88.1 Å². The summed E-state index contributed by atoms with van der Waals surface area (Å²) in [6, 6.07) is 14.7. The number of carbonyl (C=O) groups is 2. The lowest BCUT2D eigenvalue weighted by molar-refractivity contribution is -0.0171. The van der Waals surface area contributed by atoms with Gasteiger partial charge in [0.1, 0.15) is 0 Å². The summed E-state index contributed by atoms with van der Waals surface area (Å²) < 4.78 is 0. The smallest absolute Gasteiger partial charge is 0.253 e. The number of halogens is 2. The molecule has 2 amide bonds. The summed E-state index contributed by atoms with van der Waals surface area (Å²) in [5, 5.41) is 7.82. The topological polar surface area (TPSA) is 58.2 Å². The van der Waals surface area contributed by atoms with Crippen LogP contribution in [-0.2, 0) is 0 Å². The third-order valence-electron chi connectivity index (χ3n) is 11.1. The van der Waals surface area contributed by atoms with Crippen LogP contribution in [0.4, 0.5) is 0 Å². The van der Waals surface area contributed by atoms with Gasteiger partial charge < -0.3 is 10.6 Å². The highest BCUT2D eigenvalue weighted by Gasteiger charge is 2.52. The Morgan fingerprint density at radius 3 is 1.07 bits per heavy atom. The minimum Gasteiger partial charge on any atom is -0.347 e. The molecule has 0 unspecified atom stereocenters. The molecule has 0 heterocycles. The molecule has 212 valence electrons. The molecule has 8 fully saturated rings. The summed E-state index contributed by atoms with van der Waals surface area (Å²) in [7, 11) is 0. The number of hydrogen-bond acceptors (Lipinski definition) is 2. The summed E-state index contributed by atoms with van der Waals surface area (Å²) >= 11 is 12.3. The second kappa shape index (κ2) is 10.3. The Morgan fingerprint density at radius 1 is 0.525 bits per heavy atom. The highest BCUT2D eigenvalue weighted by molar-refractivity contribution is 6.34. The first-order valence-corrected chi connectivity index (χ1v) is 16.2. The molecule has 8 aliphatic rings. The van der Waals surface area contributed by atoms with Crippen LogP contribution in [0.25, 0.3) is 0 Å². The second-order valence-corrected chi connectivity index (χ2v) is 15.1. The molecule has 6 heteroatoms. The average molecular weight is 580 g/mol. The van der Waals surface area contributed by atoms with E-state index in [-0.39, 0.29) is 22.9 Å². The highest BCUT2D eigenvalue weighted by atomic mass is 35.5. The minimum absolute atomic E-state index is 0.0116. The lowest BCUT2D eigenvalue weighted by atomic mass is 9.53. The average Bonchev–Trinajstić information content (AvgIpc) is 2.87. The van der Waals surface area contributed by atoms with Crippen molar-refractivity contribution in [3.8, 4) is 0 Å². The van der Waals surface area contributed by atoms with Gasteiger partial charge in [0.05, 0.1) is 21.2 Å². The number of amides is 2. The molecule has 8 bridgehead atoms. The maximum Gasteiger partial charge on any atom is 0.253 e. The van der Waals surface area contributed by atoms with Crippen molar-refractivity contribution < 1.29 is 9.59 Å². The molecule has 0 spiro atoms. The molecule has 2 aromatic carbocycles. The second-order valence-electron chi connectivity index (χ2n) is 14.3. The van der Waals surface area contributed by atoms with Crippen LogP contribution in [0.3, 0.4) is 0 Å². The zero-order chi connectivity index (χ0) is 27.5. The molecule has 0 saturated heterocycles. The molecule has 2 aromatic rings. The third kappa shape index (κ3) is 5.20. The number of nitrogens with one attached hydrogen (secondary N) is 2. The Bertz CT molecular complexity index is 1140. The highest BCUT2D eigenvalue weighted by Crippen LogP contribution is 2.56. The first-order chi connectivity index (χ1) is 19.3. The number of carbonyl (C=O) groups excluding carboxylic acids is 2. The van der Waals surface area contributed by atoms with Crippen LogP contribution in [0.1, 0.15) is 97.8 Å². The van der Waals surface area contributed by atoms with Crippen molar-refractivity contribution in [3.05, 3.63) is 69.7 Å². The number of benzene rings is 2. The van der Waals surface area contributed by atoms with E-state index >= 15 is 0 Å². The fraction of sp³-hybridized carbons (Fsp3) is 0.588. The lowest BCUT2D eigenvalue weighted by Gasteiger charge is -2.56. The van der Waals surface area contributed by atoms with Gasteiger partial charge in [-0.15, -0.1) is 0 Å². The zero-order valence-corrected chi connectivity index (χ0v) is 24.7. The van der Waals surface area contributed by atoms with Crippen LogP contribution in [0.2, 0.25) is 10.0 Å². The normalized spacial score (nSPS) is 38.0. The fourth-order valence-corrected chi connectivity index (χ4v) is 10.9. The minimum atomic E-state index is 0.0116. The van der Waals surface area contributed by atoms with E-state index < -0.39 is 0 Å². The monoisotopic (exact) mass is 578 g/mol. The Hall–Kier alpha value is -2.04. The summed E-state index contributed by atoms with van der Waals surface area (Å²) in [5.41, 5.74) is 1.35. The summed E-state index contributed by atoms with van der Waals surface area (Å²) in [6.07, 6.45) is 15.4. The van der Waals surface area contributed by atoms with E-state index in [0.29, 0.717) is 21.2 Å². The molecule has 0 aromatic heterocycles. The first kappa shape index (κ1) is 26.8. The molecule has 2 N–H and O–H groups in total. The Morgan fingerprint density at radius 2 is 0.800 bits per heavy atom. The SMILES string of the molecule is O=C(NC12CC3CC(CC(C3)C1)C2)c1ccccc1Cl.O=C(NC12CC3CC(CC(C3)C1)C2)c1ccccc1Cl. The Balaban J connectivity index is 0.000000132. The quantitative estimate of drug-likeness (QED) is 0.385. The molecule has 10 rings (SSSR count). The maximum absolute atomic E-state index is 12.6. The maximum atomic E-state index is 12.6. The van der Waals surface area contributed by atoms with Gasteiger partial charge in [-0.3, -0.25) is 9.59 Å². The van der Waals surface area contributed by atoms with Gasteiger partial charge >= 0.3 is 0 Å². The standard InChI is InChI=1S/2C17H20ClNO/c2*18-15-4-2-1-3-14(15)16(20)19-17-8-11-5-12(9-17)7-13(6-11)10-17/h2*1-4,11-13H,5-10H2,(H,19,20). The summed E-state index contributed by atoms with van der Waals surface area (Å²) in [5.74, 6) is 5.07. The van der Waals surface area contributed by atoms with Crippen molar-refractivity contribution in [1.29, 1.82) is 0 Å². The molecule has 0 aliphatic heterocycles. The van der Waals surface area contributed by atoms with Crippen molar-refractivity contribution >= 4 is 35.0 Å². The largest absolute Gasteiger partial charge is 0.347 e. The Kier molecular flexibility index (Phi) is 6.94. The van der Waals surface area contributed by atoms with Crippen molar-refractivity contribution in [3.63, 3.8) is 0 Å². The van der Waals surface area contributed by atoms with Crippen LogP contribution in [0.5, 0.6) is 0 Å². The Labute approximate surface area is 248 Å². The van der Waals surface area contributed by atoms with Gasteiger partial charge in [-0.1, -0.05) is 47.5 Å². The number of hydrogen-bond donors (Lipinski definition) is 2. The van der Waals surface area contributed by atoms with E-state index in [4.69, 9.17) is 23.2 Å². The first-order valence-electron chi connectivity index (χ1n) is 15.4. The molecule has 8 aliphatic carbocycles. The van der Waals surface area contributed by atoms with Gasteiger partial charge in [0, 0.05) is 11.1 Å². The molecule has 8 saturated carbocycles. The van der Waals surface area contributed by atoms with E-state index in [1.807, 2.05) is 36.4 Å². The van der Waals surface area contributed by atoms with Crippen LogP contribution < -0.4 is 10.6 Å². The lowest BCUT2D eigenvalue weighted by Crippen LogP contribution is -2.59. The van der Waals surface area contributed by atoms with Gasteiger partial charge in [0.25, 0.3) is 11.8 Å². The van der Waals surface area contributed by atoms with Gasteiger partial charge in [0.15, 0.2) is 0 Å². The molecule has 4 nitrogen and oxygen atoms in total. The number of rotatable bonds is 4. The van der Waals surface area contributed by atoms with Crippen molar-refractivity contribution in [1.82, 2.24) is 10.6 Å². The van der Waals surface area contributed by atoms with E-state index in [9.17, 15) is 9.59 Å². The van der Waals surface area contributed by atoms with E-state index in [1.54, 1.807) is 12.1 Å². The van der Waals surface area contributed by atoms with Gasteiger partial charge in [-0.2, -0.15) is 0 Å². The zero-order valence-electron chi connectivity index (χ0n) is 23.1. The van der Waals surface area contributed by atoms with Crippen LogP contribution in [-0.4, -0.2) is 22.9 Å². The molecule has 40 heavy (non-hydrogen) atoms. The van der Waals surface area contributed by atoms with Gasteiger partial charge in [0.2, 0.25) is 0 Å². The van der Waals surface area contributed by atoms with E-state index in [2.05, 4.69) is 10.6 Å². The fourth-order valence-electron chi connectivity index (χ4n) is 10.4. The summed E-state index contributed by atoms with van der Waals surface area (Å²) in [6.45, 7) is 0. The van der Waals surface area contributed by atoms with E-state index in [1.165, 1.54) is 77.0 Å². The van der Waals surface area contributed by atoms with Crippen molar-refractivity contribution in [2.24, 2.45) is 35.5 Å². The molecule has 0 radical (unpaired) electrons. The summed E-state index contributed by atoms with van der Waals surface area (Å²) in [4.78, 5) is 25.1. The molecule has 0 atom stereocenters. The molecular formula is C34H40Cl2N2O2. The van der Waals surface area contributed by atoms with Crippen LogP contribution >= 0.6 is 23.2 Å². The van der Waals surface area contributed by atoms with Crippen molar-refractivity contribution in [2.75, 3.05) is 0 Å². The molecular weight excluding hydrogens is 539 g/mol. The predicted octanol–water partition coefficient (Wildman–Crippen LogP) is 8.08. The van der Waals surface area contributed by atoms with Gasteiger partial charge in [-0.05, 0) is 137 Å². The predicted molar refractivity (Wildman–Crippen MR) is 160 cm³/mol.